The van der Waals surface area contributed by atoms with E-state index in [4.69, 9.17) is 10.5 Å². The highest BCUT2D eigenvalue weighted by Crippen LogP contribution is 2.55. The van der Waals surface area contributed by atoms with E-state index in [2.05, 4.69) is 4.74 Å². The SMILES string of the molecule is COC(=O)N(c1ccc2c(c1C(=O)O)OCC1CC21)S(=O)(=O)c1ccc(F)cc1N. The van der Waals surface area contributed by atoms with E-state index >= 15 is 0 Å². The van der Waals surface area contributed by atoms with Crippen LogP contribution in [0, 0.1) is 11.7 Å². The third-order valence-corrected chi connectivity index (χ3v) is 6.95. The minimum atomic E-state index is -4.75. The van der Waals surface area contributed by atoms with Crippen LogP contribution in [0.15, 0.2) is 35.2 Å². The predicted octanol–water partition coefficient (Wildman–Crippen LogP) is 2.56. The molecule has 2 aromatic rings. The third-order valence-electron chi connectivity index (χ3n) is 5.19. The summed E-state index contributed by atoms with van der Waals surface area (Å²) in [7, 11) is -3.80. The molecule has 1 fully saturated rings. The number of nitrogens with two attached hydrogens (primary N) is 1. The molecule has 3 N–H and O–H groups in total. The first kappa shape index (κ1) is 20.0. The minimum absolute atomic E-state index is 0.0231. The van der Waals surface area contributed by atoms with Crippen LogP contribution in [0.2, 0.25) is 0 Å². The number of carboxylic acid groups (broad SMARTS) is 1. The molecule has 1 saturated carbocycles. The van der Waals surface area contributed by atoms with Gasteiger partial charge in [0.1, 0.15) is 22.0 Å². The van der Waals surface area contributed by atoms with Gasteiger partial charge in [-0.3, -0.25) is 0 Å². The molecule has 4 rings (SSSR count). The molecule has 0 spiro atoms. The minimum Gasteiger partial charge on any atom is -0.492 e. The molecule has 1 aliphatic carbocycles. The number of carbonyl (C=O) groups is 2. The number of hydrogen-bond acceptors (Lipinski definition) is 7. The maximum absolute atomic E-state index is 13.4. The molecule has 1 aliphatic heterocycles. The molecule has 1 heterocycles. The number of rotatable bonds is 4. The maximum atomic E-state index is 13.4. The maximum Gasteiger partial charge on any atom is 0.428 e. The summed E-state index contributed by atoms with van der Waals surface area (Å²) < 4.78 is 50.4. The first-order valence-electron chi connectivity index (χ1n) is 8.88. The lowest BCUT2D eigenvalue weighted by molar-refractivity contribution is 0.0692. The van der Waals surface area contributed by atoms with E-state index in [1.165, 1.54) is 6.07 Å². The molecule has 0 bridgehead atoms. The van der Waals surface area contributed by atoms with Crippen LogP contribution in [-0.4, -0.2) is 39.3 Å². The molecule has 2 unspecified atom stereocenters. The fraction of sp³-hybridized carbons (Fsp3) is 0.263. The summed E-state index contributed by atoms with van der Waals surface area (Å²) in [5, 5.41) is 9.82. The van der Waals surface area contributed by atoms with E-state index in [1.54, 1.807) is 6.07 Å². The van der Waals surface area contributed by atoms with E-state index in [-0.39, 0.29) is 16.0 Å². The number of carbonyl (C=O) groups excluding carboxylic acids is 1. The van der Waals surface area contributed by atoms with Crippen LogP contribution < -0.4 is 14.8 Å². The number of nitrogen functional groups attached to an aromatic ring is 1. The number of carboxylic acids is 1. The lowest BCUT2D eigenvalue weighted by Crippen LogP contribution is -2.38. The third kappa shape index (κ3) is 3.02. The van der Waals surface area contributed by atoms with Gasteiger partial charge in [-0.15, -0.1) is 0 Å². The zero-order valence-electron chi connectivity index (χ0n) is 15.7. The van der Waals surface area contributed by atoms with Crippen molar-refractivity contribution in [2.24, 2.45) is 5.92 Å². The Morgan fingerprint density at radius 1 is 1.30 bits per heavy atom. The molecule has 0 saturated heterocycles. The molecule has 158 valence electrons. The van der Waals surface area contributed by atoms with Gasteiger partial charge in [0, 0.05) is 5.92 Å². The summed E-state index contributed by atoms with van der Waals surface area (Å²) in [6.07, 6.45) is -0.516. The molecule has 2 atom stereocenters. The van der Waals surface area contributed by atoms with Gasteiger partial charge in [-0.1, -0.05) is 6.07 Å². The Balaban J connectivity index is 1.94. The molecule has 1 amide bonds. The van der Waals surface area contributed by atoms with Crippen LogP contribution >= 0.6 is 0 Å². The van der Waals surface area contributed by atoms with Crippen LogP contribution in [0.25, 0.3) is 0 Å². The lowest BCUT2D eigenvalue weighted by atomic mass is 10.00. The van der Waals surface area contributed by atoms with E-state index < -0.39 is 49.7 Å². The average molecular weight is 436 g/mol. The van der Waals surface area contributed by atoms with Gasteiger partial charge in [0.15, 0.2) is 0 Å². The van der Waals surface area contributed by atoms with E-state index in [1.807, 2.05) is 0 Å². The van der Waals surface area contributed by atoms with Crippen LogP contribution in [-0.2, 0) is 14.8 Å². The number of benzene rings is 2. The molecule has 0 aromatic heterocycles. The Labute approximate surface area is 170 Å². The highest BCUT2D eigenvalue weighted by molar-refractivity contribution is 7.93. The van der Waals surface area contributed by atoms with Crippen molar-refractivity contribution in [3.05, 3.63) is 47.3 Å². The fourth-order valence-electron chi connectivity index (χ4n) is 3.68. The van der Waals surface area contributed by atoms with E-state index in [9.17, 15) is 27.5 Å². The van der Waals surface area contributed by atoms with Gasteiger partial charge >= 0.3 is 12.1 Å². The van der Waals surface area contributed by atoms with E-state index in [0.717, 1.165) is 31.7 Å². The molecule has 30 heavy (non-hydrogen) atoms. The van der Waals surface area contributed by atoms with Crippen molar-refractivity contribution >= 4 is 33.5 Å². The monoisotopic (exact) mass is 436 g/mol. The topological polar surface area (TPSA) is 136 Å². The molecule has 2 aliphatic rings. The van der Waals surface area contributed by atoms with E-state index in [0.29, 0.717) is 18.1 Å². The average Bonchev–Trinajstić information content (AvgIpc) is 3.46. The normalized spacial score (nSPS) is 19.1. The van der Waals surface area contributed by atoms with Crippen molar-refractivity contribution in [3.63, 3.8) is 0 Å². The molecule has 11 heteroatoms. The van der Waals surface area contributed by atoms with Crippen molar-refractivity contribution in [1.29, 1.82) is 0 Å². The predicted molar refractivity (Wildman–Crippen MR) is 103 cm³/mol. The highest BCUT2D eigenvalue weighted by Gasteiger charge is 2.46. The second-order valence-electron chi connectivity index (χ2n) is 7.02. The Hall–Kier alpha value is -3.34. The molecule has 2 aromatic carbocycles. The zero-order chi connectivity index (χ0) is 21.8. The Kier molecular flexibility index (Phi) is 4.57. The van der Waals surface area contributed by atoms with Gasteiger partial charge in [-0.2, -0.15) is 4.31 Å². The Morgan fingerprint density at radius 3 is 2.67 bits per heavy atom. The summed E-state index contributed by atoms with van der Waals surface area (Å²) in [5.41, 5.74) is 4.92. The van der Waals surface area contributed by atoms with Gasteiger partial charge in [0.2, 0.25) is 0 Å². The molecule has 9 nitrogen and oxygen atoms in total. The van der Waals surface area contributed by atoms with Gasteiger partial charge in [-0.25, -0.2) is 22.4 Å². The number of fused-ring (bicyclic) bond motifs is 3. The van der Waals surface area contributed by atoms with Gasteiger partial charge in [-0.05, 0) is 42.2 Å². The molecular weight excluding hydrogens is 419 g/mol. The fourth-order valence-corrected chi connectivity index (χ4v) is 5.15. The largest absolute Gasteiger partial charge is 0.492 e. The van der Waals surface area contributed by atoms with Crippen molar-refractivity contribution in [1.82, 2.24) is 0 Å². The summed E-state index contributed by atoms with van der Waals surface area (Å²) >= 11 is 0. The number of hydrogen-bond donors (Lipinski definition) is 2. The van der Waals surface area contributed by atoms with Crippen LogP contribution in [0.3, 0.4) is 0 Å². The van der Waals surface area contributed by atoms with Crippen molar-refractivity contribution in [2.45, 2.75) is 17.2 Å². The van der Waals surface area contributed by atoms with Crippen molar-refractivity contribution in [3.8, 4) is 5.75 Å². The smallest absolute Gasteiger partial charge is 0.428 e. The first-order chi connectivity index (χ1) is 14.2. The van der Waals surface area contributed by atoms with Crippen LogP contribution in [0.1, 0.15) is 28.3 Å². The summed E-state index contributed by atoms with van der Waals surface area (Å²) in [6.45, 7) is 0.303. The summed E-state index contributed by atoms with van der Waals surface area (Å²) in [5.74, 6) is -1.79. The highest BCUT2D eigenvalue weighted by atomic mass is 32.2. The van der Waals surface area contributed by atoms with Crippen molar-refractivity contribution < 1.29 is 37.0 Å². The molecule has 0 radical (unpaired) electrons. The number of methoxy groups -OCH3 is 1. The second kappa shape index (κ2) is 6.87. The van der Waals surface area contributed by atoms with Gasteiger partial charge in [0.05, 0.1) is 25.1 Å². The van der Waals surface area contributed by atoms with Gasteiger partial charge in [0.25, 0.3) is 10.0 Å². The second-order valence-corrected chi connectivity index (χ2v) is 8.77. The number of nitrogens with zero attached hydrogens (tertiary/aromatic N) is 1. The Morgan fingerprint density at radius 2 is 2.03 bits per heavy atom. The number of aromatic carboxylic acids is 1. The van der Waals surface area contributed by atoms with Crippen LogP contribution in [0.4, 0.5) is 20.6 Å². The molecular formula is C19H17FN2O7S. The summed E-state index contributed by atoms with van der Waals surface area (Å²) in [4.78, 5) is 24.0. The zero-order valence-corrected chi connectivity index (χ0v) is 16.5. The number of ether oxygens (including phenoxy) is 2. The number of amides is 1. The van der Waals surface area contributed by atoms with Crippen LogP contribution in [0.5, 0.6) is 5.75 Å². The summed E-state index contributed by atoms with van der Waals surface area (Å²) in [6, 6.07) is 5.30. The number of anilines is 2. The quantitative estimate of drug-likeness (QED) is 0.698. The standard InChI is InChI=1S/C19H17FN2O7S/c1-28-19(25)22(30(26,27)15-5-2-10(20)7-13(15)21)14-4-3-11-12-6-9(12)8-29-17(11)16(14)18(23)24/h2-5,7,9,12H,6,8,21H2,1H3,(H,23,24). The Bertz CT molecular complexity index is 1180. The number of sulfonamides is 1. The first-order valence-corrected chi connectivity index (χ1v) is 10.3. The lowest BCUT2D eigenvalue weighted by Gasteiger charge is -2.26. The number of halogens is 1. The van der Waals surface area contributed by atoms with Gasteiger partial charge < -0.3 is 20.3 Å². The van der Waals surface area contributed by atoms with Crippen molar-refractivity contribution in [2.75, 3.05) is 23.8 Å².